The van der Waals surface area contributed by atoms with Crippen LogP contribution in [0.25, 0.3) is 10.2 Å². The largest absolute Gasteiger partial charge is 0.497 e. The molecule has 2 aromatic carbocycles. The Labute approximate surface area is 165 Å². The summed E-state index contributed by atoms with van der Waals surface area (Å²) in [6.07, 6.45) is 0.586. The van der Waals surface area contributed by atoms with Crippen molar-refractivity contribution in [2.24, 2.45) is 4.99 Å². The minimum atomic E-state index is -0.129. The van der Waals surface area contributed by atoms with Gasteiger partial charge in [-0.1, -0.05) is 35.1 Å². The molecule has 4 rings (SSSR count). The first-order valence-electron chi connectivity index (χ1n) is 8.37. The van der Waals surface area contributed by atoms with E-state index in [1.165, 1.54) is 18.3 Å². The van der Waals surface area contributed by atoms with E-state index in [-0.39, 0.29) is 11.9 Å². The van der Waals surface area contributed by atoms with Crippen molar-refractivity contribution in [2.45, 2.75) is 19.4 Å². The van der Waals surface area contributed by atoms with Gasteiger partial charge >= 0.3 is 0 Å². The maximum absolute atomic E-state index is 12.1. The number of nitrogens with one attached hydrogen (secondary N) is 1. The van der Waals surface area contributed by atoms with Crippen LogP contribution < -0.4 is 10.2 Å². The number of thiazole rings is 1. The number of aromatic nitrogens is 1. The fourth-order valence-electron chi connectivity index (χ4n) is 3.05. The summed E-state index contributed by atoms with van der Waals surface area (Å²) in [4.78, 5) is 21.2. The van der Waals surface area contributed by atoms with Crippen molar-refractivity contribution >= 4 is 50.0 Å². The highest BCUT2D eigenvalue weighted by atomic mass is 35.5. The highest BCUT2D eigenvalue weighted by molar-refractivity contribution is 7.22. The highest BCUT2D eigenvalue weighted by Crippen LogP contribution is 2.33. The van der Waals surface area contributed by atoms with Gasteiger partial charge in [-0.3, -0.25) is 10.2 Å². The normalized spacial score (nSPS) is 18.1. The Kier molecular flexibility index (Phi) is 4.72. The van der Waals surface area contributed by atoms with Crippen molar-refractivity contribution in [1.82, 2.24) is 15.4 Å². The van der Waals surface area contributed by atoms with E-state index in [4.69, 9.17) is 16.3 Å². The van der Waals surface area contributed by atoms with Crippen molar-refractivity contribution in [2.75, 3.05) is 7.11 Å². The van der Waals surface area contributed by atoms with Gasteiger partial charge in [0.15, 0.2) is 0 Å². The molecule has 2 heterocycles. The lowest BCUT2D eigenvalue weighted by Crippen LogP contribution is -2.38. The van der Waals surface area contributed by atoms with Gasteiger partial charge in [-0.05, 0) is 35.9 Å². The number of benzene rings is 2. The van der Waals surface area contributed by atoms with Crippen LogP contribution in [0.5, 0.6) is 5.75 Å². The van der Waals surface area contributed by atoms with Gasteiger partial charge < -0.3 is 4.74 Å². The number of aliphatic imine (C=N–C) groups is 1. The lowest BCUT2D eigenvalue weighted by Gasteiger charge is -2.22. The monoisotopic (exact) mass is 400 g/mol. The molecule has 1 saturated heterocycles. The van der Waals surface area contributed by atoms with Crippen LogP contribution >= 0.6 is 22.9 Å². The van der Waals surface area contributed by atoms with Crippen molar-refractivity contribution in [3.8, 4) is 5.75 Å². The molecular weight excluding hydrogens is 384 g/mol. The van der Waals surface area contributed by atoms with Gasteiger partial charge in [0.1, 0.15) is 11.6 Å². The number of nitrogens with zero attached hydrogens (tertiary/aromatic N) is 3. The predicted octanol–water partition coefficient (Wildman–Crippen LogP) is 4.49. The van der Waals surface area contributed by atoms with Crippen molar-refractivity contribution in [3.63, 3.8) is 0 Å². The number of hydrogen-bond donors (Lipinski definition) is 1. The summed E-state index contributed by atoms with van der Waals surface area (Å²) in [5.41, 5.74) is 4.99. The molecule has 0 bridgehead atoms. The zero-order chi connectivity index (χ0) is 19.0. The van der Waals surface area contributed by atoms with Crippen molar-refractivity contribution < 1.29 is 9.53 Å². The Morgan fingerprint density at radius 2 is 2.11 bits per heavy atom. The molecule has 3 aromatic rings. The molecule has 0 spiro atoms. The average Bonchev–Trinajstić information content (AvgIpc) is 3.25. The Balaban J connectivity index is 1.63. The lowest BCUT2D eigenvalue weighted by atomic mass is 10.0. The average molecular weight is 401 g/mol. The first kappa shape index (κ1) is 17.8. The number of methoxy groups -OCH3 is 1. The quantitative estimate of drug-likeness (QED) is 0.703. The Morgan fingerprint density at radius 1 is 1.33 bits per heavy atom. The zero-order valence-corrected chi connectivity index (χ0v) is 16.3. The maximum Gasteiger partial charge on any atom is 0.238 e. The van der Waals surface area contributed by atoms with Gasteiger partial charge in [-0.15, -0.1) is 0 Å². The third-order valence-corrected chi connectivity index (χ3v) is 5.50. The molecule has 1 atom stereocenters. The number of carbonyl (C=O) groups is 1. The van der Waals surface area contributed by atoms with Crippen LogP contribution in [0.1, 0.15) is 24.9 Å². The van der Waals surface area contributed by atoms with Crippen LogP contribution in [0.4, 0.5) is 5.13 Å². The molecule has 6 nitrogen and oxygen atoms in total. The minimum Gasteiger partial charge on any atom is -0.497 e. The molecule has 1 unspecified atom stereocenters. The van der Waals surface area contributed by atoms with Crippen LogP contribution in [0.3, 0.4) is 0 Å². The fourth-order valence-corrected chi connectivity index (χ4v) is 4.19. The third kappa shape index (κ3) is 3.61. The van der Waals surface area contributed by atoms with E-state index in [2.05, 4.69) is 15.4 Å². The number of rotatable bonds is 3. The second-order valence-electron chi connectivity index (χ2n) is 6.16. The lowest BCUT2D eigenvalue weighted by molar-refractivity contribution is -0.132. The topological polar surface area (TPSA) is 66.8 Å². The molecule has 8 heteroatoms. The molecular formula is C19H17ClN4O2S. The number of fused-ring (bicyclic) bond motifs is 1. The molecule has 1 amide bonds. The van der Waals surface area contributed by atoms with Crippen molar-refractivity contribution in [3.05, 3.63) is 53.1 Å². The highest BCUT2D eigenvalue weighted by Gasteiger charge is 2.32. The molecule has 1 fully saturated rings. The van der Waals surface area contributed by atoms with Gasteiger partial charge in [0.25, 0.3) is 0 Å². The molecule has 138 valence electrons. The Morgan fingerprint density at radius 3 is 2.81 bits per heavy atom. The first-order chi connectivity index (χ1) is 13.0. The standard InChI is InChI=1S/C19H17ClN4O2S/c1-11(25)24-16(12-3-6-14(26-2)7-4-12)10-18(23-24)22-19-21-15-8-5-13(20)9-17(15)27-19/h3-9,16H,10H2,1-2H3,(H,21,22,23). The summed E-state index contributed by atoms with van der Waals surface area (Å²) in [6, 6.07) is 13.1. The van der Waals surface area contributed by atoms with Crippen LogP contribution in [0, 0.1) is 0 Å². The molecule has 1 N–H and O–H groups in total. The van der Waals surface area contributed by atoms with Gasteiger partial charge in [-0.2, -0.15) is 0 Å². The van der Waals surface area contributed by atoms with E-state index in [1.807, 2.05) is 42.5 Å². The second kappa shape index (κ2) is 7.17. The summed E-state index contributed by atoms with van der Waals surface area (Å²) in [6.45, 7) is 1.53. The summed E-state index contributed by atoms with van der Waals surface area (Å²) in [5, 5.41) is 2.91. The Bertz CT molecular complexity index is 1030. The van der Waals surface area contributed by atoms with E-state index in [9.17, 15) is 4.79 Å². The van der Waals surface area contributed by atoms with E-state index in [0.717, 1.165) is 21.5 Å². The van der Waals surface area contributed by atoms with Crippen LogP contribution in [-0.4, -0.2) is 28.8 Å². The molecule has 0 aliphatic carbocycles. The SMILES string of the molecule is COc1ccc(C2C/C(=N\c3nc4ccc(Cl)cc4s3)NN2C(C)=O)cc1. The second-order valence-corrected chi connectivity index (χ2v) is 7.61. The molecule has 1 aliphatic heterocycles. The molecule has 1 aromatic heterocycles. The molecule has 0 saturated carbocycles. The molecule has 27 heavy (non-hydrogen) atoms. The maximum atomic E-state index is 12.1. The van der Waals surface area contributed by atoms with Crippen LogP contribution in [0.2, 0.25) is 5.02 Å². The zero-order valence-electron chi connectivity index (χ0n) is 14.8. The molecule has 1 aliphatic rings. The number of carbonyl (C=O) groups excluding carboxylic acids is 1. The Hall–Kier alpha value is -2.64. The van der Waals surface area contributed by atoms with Gasteiger partial charge in [0.2, 0.25) is 11.0 Å². The fraction of sp³-hybridized carbons (Fsp3) is 0.211. The molecule has 0 radical (unpaired) electrons. The van der Waals surface area contributed by atoms with Crippen molar-refractivity contribution in [1.29, 1.82) is 0 Å². The number of amidine groups is 1. The van der Waals surface area contributed by atoms with E-state index in [1.54, 1.807) is 12.1 Å². The number of ether oxygens (including phenoxy) is 1. The number of halogens is 1. The number of hydrazine groups is 1. The van der Waals surface area contributed by atoms with Gasteiger partial charge in [-0.25, -0.2) is 15.0 Å². The predicted molar refractivity (Wildman–Crippen MR) is 108 cm³/mol. The van der Waals surface area contributed by atoms with Gasteiger partial charge in [0.05, 0.1) is 23.4 Å². The van der Waals surface area contributed by atoms with Gasteiger partial charge in [0, 0.05) is 18.4 Å². The number of amides is 1. The first-order valence-corrected chi connectivity index (χ1v) is 9.57. The third-order valence-electron chi connectivity index (χ3n) is 4.36. The summed E-state index contributed by atoms with van der Waals surface area (Å²) in [5.74, 6) is 1.41. The number of hydrogen-bond acceptors (Lipinski definition) is 5. The van der Waals surface area contributed by atoms with E-state index >= 15 is 0 Å². The minimum absolute atomic E-state index is 0.0721. The van der Waals surface area contributed by atoms with E-state index in [0.29, 0.717) is 22.4 Å². The summed E-state index contributed by atoms with van der Waals surface area (Å²) < 4.78 is 6.19. The summed E-state index contributed by atoms with van der Waals surface area (Å²) >= 11 is 7.51. The smallest absolute Gasteiger partial charge is 0.238 e. The van der Waals surface area contributed by atoms with E-state index < -0.39 is 0 Å². The van der Waals surface area contributed by atoms with Crippen LogP contribution in [0.15, 0.2) is 47.5 Å². The van der Waals surface area contributed by atoms with Crippen LogP contribution in [-0.2, 0) is 4.79 Å². The summed E-state index contributed by atoms with van der Waals surface area (Å²) in [7, 11) is 1.63.